The Balaban J connectivity index is 2.59. The lowest BCUT2D eigenvalue weighted by molar-refractivity contribution is 0.274. The van der Waals surface area contributed by atoms with E-state index in [1.165, 1.54) is 5.57 Å². The Hall–Kier alpha value is -0.383. The highest BCUT2D eigenvalue weighted by molar-refractivity contribution is 6.48. The molecule has 0 aromatic carbocycles. The molecule has 1 atom stereocenters. The van der Waals surface area contributed by atoms with Gasteiger partial charge in [0.2, 0.25) is 0 Å². The van der Waals surface area contributed by atoms with E-state index in [1.807, 2.05) is 0 Å². The molecule has 1 aliphatic carbocycles. The van der Waals surface area contributed by atoms with Crippen molar-refractivity contribution in [3.63, 3.8) is 0 Å². The molecule has 0 saturated carbocycles. The molecule has 0 aromatic heterocycles. The fourth-order valence-corrected chi connectivity index (χ4v) is 2.91. The van der Waals surface area contributed by atoms with E-state index >= 15 is 0 Å². The minimum atomic E-state index is -1.46. The summed E-state index contributed by atoms with van der Waals surface area (Å²) in [7, 11) is 1.99. The second-order valence-corrected chi connectivity index (χ2v) is 5.06. The third-order valence-electron chi connectivity index (χ3n) is 1.96. The fourth-order valence-electron chi connectivity index (χ4n) is 1.28. The van der Waals surface area contributed by atoms with Gasteiger partial charge in [-0.25, -0.2) is 0 Å². The van der Waals surface area contributed by atoms with E-state index in [-0.39, 0.29) is 0 Å². The molecule has 62 valence electrons. The largest absolute Gasteiger partial charge is 0.399 e. The summed E-state index contributed by atoms with van der Waals surface area (Å²) in [5, 5.41) is 0. The van der Waals surface area contributed by atoms with Gasteiger partial charge in [-0.05, 0) is 6.92 Å². The van der Waals surface area contributed by atoms with Crippen LogP contribution in [0, 0.1) is 0 Å². The fraction of sp³-hybridized carbons (Fsp3) is 0.500. The molecule has 1 unspecified atom stereocenters. The maximum Gasteiger partial charge on any atom is 0.332 e. The maximum absolute atomic E-state index is 5.28. The summed E-state index contributed by atoms with van der Waals surface area (Å²) in [6, 6.07) is 0. The van der Waals surface area contributed by atoms with Crippen molar-refractivity contribution in [2.45, 2.75) is 12.5 Å². The maximum atomic E-state index is 5.28. The Morgan fingerprint density at radius 2 is 2.00 bits per heavy atom. The van der Waals surface area contributed by atoms with E-state index in [0.717, 1.165) is 0 Å². The molecule has 0 aromatic rings. The first-order valence-corrected chi connectivity index (χ1v) is 5.31. The number of hydrogen-bond acceptors (Lipinski definition) is 2. The summed E-state index contributed by atoms with van der Waals surface area (Å²) in [4.78, 5) is 0. The van der Waals surface area contributed by atoms with Crippen LogP contribution in [0.1, 0.15) is 6.92 Å². The van der Waals surface area contributed by atoms with Crippen LogP contribution in [-0.2, 0) is 8.85 Å². The molecule has 0 bridgehead atoms. The highest BCUT2D eigenvalue weighted by atomic mass is 28.3. The van der Waals surface area contributed by atoms with Crippen molar-refractivity contribution in [2.75, 3.05) is 14.2 Å². The summed E-state index contributed by atoms with van der Waals surface area (Å²) in [6.07, 6.45) is 6.33. The van der Waals surface area contributed by atoms with Gasteiger partial charge in [-0.1, -0.05) is 23.8 Å². The first kappa shape index (κ1) is 8.71. The van der Waals surface area contributed by atoms with Gasteiger partial charge in [0, 0.05) is 19.8 Å². The normalized spacial score (nSPS) is 22.9. The zero-order valence-electron chi connectivity index (χ0n) is 7.20. The number of rotatable bonds is 3. The van der Waals surface area contributed by atoms with Crippen molar-refractivity contribution in [3.05, 3.63) is 23.8 Å². The molecule has 0 radical (unpaired) electrons. The van der Waals surface area contributed by atoms with Crippen molar-refractivity contribution in [3.8, 4) is 0 Å². The minimum Gasteiger partial charge on any atom is -0.399 e. The van der Waals surface area contributed by atoms with Crippen LogP contribution in [0.3, 0.4) is 0 Å². The third kappa shape index (κ3) is 1.80. The lowest BCUT2D eigenvalue weighted by Gasteiger charge is -2.17. The van der Waals surface area contributed by atoms with Gasteiger partial charge in [-0.15, -0.1) is 0 Å². The molecule has 0 amide bonds. The smallest absolute Gasteiger partial charge is 0.332 e. The van der Waals surface area contributed by atoms with E-state index in [0.29, 0.717) is 5.54 Å². The second kappa shape index (κ2) is 3.85. The molecule has 1 rings (SSSR count). The van der Waals surface area contributed by atoms with Crippen LogP contribution >= 0.6 is 0 Å². The summed E-state index contributed by atoms with van der Waals surface area (Å²) in [5.74, 6) is 0. The topological polar surface area (TPSA) is 18.5 Å². The van der Waals surface area contributed by atoms with E-state index in [2.05, 4.69) is 25.2 Å². The summed E-state index contributed by atoms with van der Waals surface area (Å²) < 4.78 is 10.6. The standard InChI is InChI=1S/C8H14O2Si/c1-7-5-4-6-8(7)11(9-2)10-3/h4-6,8,11H,1-3H3. The minimum absolute atomic E-state index is 0.435. The lowest BCUT2D eigenvalue weighted by Crippen LogP contribution is -2.24. The molecule has 0 aliphatic heterocycles. The van der Waals surface area contributed by atoms with Crippen LogP contribution in [0.25, 0.3) is 0 Å². The first-order valence-electron chi connectivity index (χ1n) is 3.70. The zero-order valence-corrected chi connectivity index (χ0v) is 8.36. The molecular weight excluding hydrogens is 156 g/mol. The molecule has 0 heterocycles. The quantitative estimate of drug-likeness (QED) is 0.596. The molecule has 11 heavy (non-hydrogen) atoms. The predicted octanol–water partition coefficient (Wildman–Crippen LogP) is 1.39. The SMILES string of the molecule is CO[SiH](OC)C1C=CC=C1C. The van der Waals surface area contributed by atoms with E-state index in [4.69, 9.17) is 8.85 Å². The van der Waals surface area contributed by atoms with E-state index in [9.17, 15) is 0 Å². The van der Waals surface area contributed by atoms with Crippen molar-refractivity contribution in [2.24, 2.45) is 0 Å². The van der Waals surface area contributed by atoms with E-state index < -0.39 is 9.28 Å². The Morgan fingerprint density at radius 1 is 1.36 bits per heavy atom. The molecule has 0 saturated heterocycles. The molecule has 3 heteroatoms. The van der Waals surface area contributed by atoms with Gasteiger partial charge >= 0.3 is 9.28 Å². The monoisotopic (exact) mass is 170 g/mol. The Labute approximate surface area is 69.4 Å². The highest BCUT2D eigenvalue weighted by Crippen LogP contribution is 2.27. The average molecular weight is 170 g/mol. The lowest BCUT2D eigenvalue weighted by atomic mass is 10.3. The number of hydrogen-bond donors (Lipinski definition) is 0. The Bertz CT molecular complexity index is 183. The summed E-state index contributed by atoms with van der Waals surface area (Å²) in [6.45, 7) is 2.11. The molecule has 1 aliphatic rings. The van der Waals surface area contributed by atoms with Crippen LogP contribution in [0.15, 0.2) is 23.8 Å². The van der Waals surface area contributed by atoms with Crippen LogP contribution in [0.4, 0.5) is 0 Å². The molecular formula is C8H14O2Si. The van der Waals surface area contributed by atoms with E-state index in [1.54, 1.807) is 14.2 Å². The van der Waals surface area contributed by atoms with Gasteiger partial charge in [-0.3, -0.25) is 0 Å². The predicted molar refractivity (Wildman–Crippen MR) is 47.8 cm³/mol. The molecule has 0 fully saturated rings. The summed E-state index contributed by atoms with van der Waals surface area (Å²) >= 11 is 0. The average Bonchev–Trinajstić information content (AvgIpc) is 2.40. The van der Waals surface area contributed by atoms with Crippen molar-refractivity contribution < 1.29 is 8.85 Å². The van der Waals surface area contributed by atoms with Crippen LogP contribution in [0.5, 0.6) is 0 Å². The summed E-state index contributed by atoms with van der Waals surface area (Å²) in [5.41, 5.74) is 1.79. The van der Waals surface area contributed by atoms with Crippen molar-refractivity contribution >= 4 is 9.28 Å². The van der Waals surface area contributed by atoms with Crippen LogP contribution in [0.2, 0.25) is 5.54 Å². The van der Waals surface area contributed by atoms with Gasteiger partial charge < -0.3 is 8.85 Å². The molecule has 0 N–H and O–H groups in total. The third-order valence-corrected chi connectivity index (χ3v) is 4.22. The van der Waals surface area contributed by atoms with Crippen LogP contribution in [-0.4, -0.2) is 23.5 Å². The first-order chi connectivity index (χ1) is 5.29. The van der Waals surface area contributed by atoms with Gasteiger partial charge in [-0.2, -0.15) is 0 Å². The molecule has 0 spiro atoms. The number of allylic oxidation sites excluding steroid dienone is 4. The molecule has 2 nitrogen and oxygen atoms in total. The van der Waals surface area contributed by atoms with Crippen molar-refractivity contribution in [1.82, 2.24) is 0 Å². The Morgan fingerprint density at radius 3 is 2.36 bits per heavy atom. The second-order valence-electron chi connectivity index (χ2n) is 2.66. The van der Waals surface area contributed by atoms with Gasteiger partial charge in [0.05, 0.1) is 0 Å². The van der Waals surface area contributed by atoms with Crippen molar-refractivity contribution in [1.29, 1.82) is 0 Å². The van der Waals surface area contributed by atoms with Crippen LogP contribution < -0.4 is 0 Å². The van der Waals surface area contributed by atoms with Gasteiger partial charge in [0.25, 0.3) is 0 Å². The van der Waals surface area contributed by atoms with Gasteiger partial charge in [0.15, 0.2) is 0 Å². The van der Waals surface area contributed by atoms with Gasteiger partial charge in [0.1, 0.15) is 0 Å². The zero-order chi connectivity index (χ0) is 8.27. The highest BCUT2D eigenvalue weighted by Gasteiger charge is 2.24. The Kier molecular flexibility index (Phi) is 3.05.